The van der Waals surface area contributed by atoms with Crippen LogP contribution in [-0.2, 0) is 11.0 Å². The number of amides is 3. The van der Waals surface area contributed by atoms with E-state index in [0.717, 1.165) is 12.1 Å². The second-order valence-electron chi connectivity index (χ2n) is 5.47. The smallest absolute Gasteiger partial charge is 0.353 e. The van der Waals surface area contributed by atoms with Crippen LogP contribution in [0.2, 0.25) is 0 Å². The number of carbonyl (C=O) groups is 2. The Morgan fingerprint density at radius 2 is 1.70 bits per heavy atom. The molecule has 8 heteroatoms. The fourth-order valence-corrected chi connectivity index (χ4v) is 2.46. The lowest BCUT2D eigenvalue weighted by atomic mass is 10.1. The van der Waals surface area contributed by atoms with Gasteiger partial charge < -0.3 is 15.5 Å². The Balaban J connectivity index is 1.87. The van der Waals surface area contributed by atoms with Crippen molar-refractivity contribution >= 4 is 17.6 Å². The summed E-state index contributed by atoms with van der Waals surface area (Å²) in [4.78, 5) is 24.6. The maximum Gasteiger partial charge on any atom is 0.416 e. The molecular formula is C15H18F3N3O2. The summed E-state index contributed by atoms with van der Waals surface area (Å²) < 4.78 is 37.4. The standard InChI is InChI=1S/C15H18F3N3O2/c1-10(22)19-13-6-8-21(9-7-13)14(23)20-12-4-2-11(3-5-12)15(16,17)18/h2-5,13H,6-9H2,1H3,(H,19,22)(H,20,23). The van der Waals surface area contributed by atoms with Crippen molar-refractivity contribution in [2.24, 2.45) is 0 Å². The summed E-state index contributed by atoms with van der Waals surface area (Å²) in [6, 6.07) is 4.01. The van der Waals surface area contributed by atoms with Crippen molar-refractivity contribution in [3.8, 4) is 0 Å². The zero-order valence-electron chi connectivity index (χ0n) is 12.6. The van der Waals surface area contributed by atoms with Gasteiger partial charge in [-0.2, -0.15) is 13.2 Å². The van der Waals surface area contributed by atoms with Gasteiger partial charge in [-0.3, -0.25) is 4.79 Å². The molecule has 126 valence electrons. The third-order valence-corrected chi connectivity index (χ3v) is 3.65. The molecule has 1 fully saturated rings. The van der Waals surface area contributed by atoms with E-state index in [-0.39, 0.29) is 18.0 Å². The van der Waals surface area contributed by atoms with Crippen LogP contribution in [0.25, 0.3) is 0 Å². The number of hydrogen-bond acceptors (Lipinski definition) is 2. The number of piperidine rings is 1. The Bertz CT molecular complexity index is 564. The van der Waals surface area contributed by atoms with Crippen LogP contribution in [0.4, 0.5) is 23.7 Å². The molecule has 0 aliphatic carbocycles. The highest BCUT2D eigenvalue weighted by Crippen LogP contribution is 2.29. The number of halogens is 3. The van der Waals surface area contributed by atoms with Gasteiger partial charge in [-0.1, -0.05) is 0 Å². The summed E-state index contributed by atoms with van der Waals surface area (Å²) in [5.74, 6) is -0.0994. The third-order valence-electron chi connectivity index (χ3n) is 3.65. The first-order valence-electron chi connectivity index (χ1n) is 7.26. The van der Waals surface area contributed by atoms with Crippen LogP contribution in [0.1, 0.15) is 25.3 Å². The summed E-state index contributed by atoms with van der Waals surface area (Å²) >= 11 is 0. The number of carbonyl (C=O) groups excluding carboxylic acids is 2. The van der Waals surface area contributed by atoms with Gasteiger partial charge in [-0.25, -0.2) is 4.79 Å². The summed E-state index contributed by atoms with van der Waals surface area (Å²) in [6.45, 7) is 2.42. The largest absolute Gasteiger partial charge is 0.416 e. The maximum atomic E-state index is 12.5. The molecule has 0 saturated carbocycles. The molecule has 1 aliphatic heterocycles. The van der Waals surface area contributed by atoms with E-state index in [1.165, 1.54) is 19.1 Å². The predicted octanol–water partition coefficient (Wildman–Crippen LogP) is 2.84. The van der Waals surface area contributed by atoms with Crippen molar-refractivity contribution in [3.05, 3.63) is 29.8 Å². The minimum Gasteiger partial charge on any atom is -0.353 e. The van der Waals surface area contributed by atoms with E-state index in [2.05, 4.69) is 10.6 Å². The van der Waals surface area contributed by atoms with Crippen LogP contribution < -0.4 is 10.6 Å². The highest BCUT2D eigenvalue weighted by Gasteiger charge is 2.30. The first-order chi connectivity index (χ1) is 10.8. The molecule has 0 unspecified atom stereocenters. The molecule has 2 rings (SSSR count). The predicted molar refractivity (Wildman–Crippen MR) is 78.9 cm³/mol. The Morgan fingerprint density at radius 3 is 2.17 bits per heavy atom. The van der Waals surface area contributed by atoms with Gasteiger partial charge >= 0.3 is 12.2 Å². The second-order valence-corrected chi connectivity index (χ2v) is 5.47. The number of nitrogens with zero attached hydrogens (tertiary/aromatic N) is 1. The zero-order chi connectivity index (χ0) is 17.0. The molecule has 23 heavy (non-hydrogen) atoms. The lowest BCUT2D eigenvalue weighted by Gasteiger charge is -2.32. The number of rotatable bonds is 2. The molecule has 1 aromatic carbocycles. The lowest BCUT2D eigenvalue weighted by molar-refractivity contribution is -0.137. The quantitative estimate of drug-likeness (QED) is 0.876. The van der Waals surface area contributed by atoms with Crippen molar-refractivity contribution in [1.82, 2.24) is 10.2 Å². The Hall–Kier alpha value is -2.25. The molecule has 1 aromatic rings. The number of benzene rings is 1. The SMILES string of the molecule is CC(=O)NC1CCN(C(=O)Nc2ccc(C(F)(F)F)cc2)CC1. The van der Waals surface area contributed by atoms with E-state index in [4.69, 9.17) is 0 Å². The van der Waals surface area contributed by atoms with Crippen LogP contribution in [0.3, 0.4) is 0 Å². The van der Waals surface area contributed by atoms with Gasteiger partial charge in [0.05, 0.1) is 5.56 Å². The van der Waals surface area contributed by atoms with Gasteiger partial charge in [-0.05, 0) is 37.1 Å². The summed E-state index contributed by atoms with van der Waals surface area (Å²) in [7, 11) is 0. The fraction of sp³-hybridized carbons (Fsp3) is 0.467. The first kappa shape index (κ1) is 17.1. The molecule has 1 aliphatic rings. The number of alkyl halides is 3. The lowest BCUT2D eigenvalue weighted by Crippen LogP contribution is -2.47. The molecule has 0 atom stereocenters. The van der Waals surface area contributed by atoms with Crippen LogP contribution in [0.15, 0.2) is 24.3 Å². The van der Waals surface area contributed by atoms with Crippen molar-refractivity contribution in [2.45, 2.75) is 32.0 Å². The Labute approximate surface area is 131 Å². The molecule has 0 radical (unpaired) electrons. The number of nitrogens with one attached hydrogen (secondary N) is 2. The van der Waals surface area contributed by atoms with Crippen molar-refractivity contribution in [2.75, 3.05) is 18.4 Å². The van der Waals surface area contributed by atoms with Gasteiger partial charge in [-0.15, -0.1) is 0 Å². The molecule has 3 amide bonds. The highest BCUT2D eigenvalue weighted by atomic mass is 19.4. The van der Waals surface area contributed by atoms with E-state index in [0.29, 0.717) is 31.6 Å². The minimum atomic E-state index is -4.39. The molecule has 1 heterocycles. The van der Waals surface area contributed by atoms with Gasteiger partial charge in [0.2, 0.25) is 5.91 Å². The van der Waals surface area contributed by atoms with Crippen molar-refractivity contribution < 1.29 is 22.8 Å². The molecule has 0 aromatic heterocycles. The average Bonchev–Trinajstić information content (AvgIpc) is 2.47. The summed E-state index contributed by atoms with van der Waals surface area (Å²) in [5.41, 5.74) is -0.446. The van der Waals surface area contributed by atoms with E-state index in [9.17, 15) is 22.8 Å². The van der Waals surface area contributed by atoms with E-state index >= 15 is 0 Å². The number of likely N-dealkylation sites (tertiary alicyclic amines) is 1. The van der Waals surface area contributed by atoms with Gasteiger partial charge in [0.25, 0.3) is 0 Å². The summed E-state index contributed by atoms with van der Waals surface area (Å²) in [5, 5.41) is 5.39. The van der Waals surface area contributed by atoms with Crippen LogP contribution in [0, 0.1) is 0 Å². The van der Waals surface area contributed by atoms with E-state index < -0.39 is 11.7 Å². The van der Waals surface area contributed by atoms with Crippen LogP contribution >= 0.6 is 0 Å². The van der Waals surface area contributed by atoms with E-state index in [1.807, 2.05) is 0 Å². The van der Waals surface area contributed by atoms with Gasteiger partial charge in [0.15, 0.2) is 0 Å². The Morgan fingerprint density at radius 1 is 1.13 bits per heavy atom. The normalized spacial score (nSPS) is 16.1. The minimum absolute atomic E-state index is 0.0580. The molecular weight excluding hydrogens is 311 g/mol. The van der Waals surface area contributed by atoms with Crippen LogP contribution in [0.5, 0.6) is 0 Å². The first-order valence-corrected chi connectivity index (χ1v) is 7.26. The zero-order valence-corrected chi connectivity index (χ0v) is 12.6. The Kier molecular flexibility index (Phi) is 5.12. The molecule has 1 saturated heterocycles. The van der Waals surface area contributed by atoms with Crippen LogP contribution in [-0.4, -0.2) is 36.0 Å². The van der Waals surface area contributed by atoms with Crippen molar-refractivity contribution in [3.63, 3.8) is 0 Å². The molecule has 5 nitrogen and oxygen atoms in total. The fourth-order valence-electron chi connectivity index (χ4n) is 2.46. The number of anilines is 1. The molecule has 0 spiro atoms. The second kappa shape index (κ2) is 6.89. The van der Waals surface area contributed by atoms with Crippen molar-refractivity contribution in [1.29, 1.82) is 0 Å². The van der Waals surface area contributed by atoms with E-state index in [1.54, 1.807) is 4.90 Å². The number of hydrogen-bond donors (Lipinski definition) is 2. The monoisotopic (exact) mass is 329 g/mol. The molecule has 2 N–H and O–H groups in total. The van der Waals surface area contributed by atoms with Gasteiger partial charge in [0.1, 0.15) is 0 Å². The highest BCUT2D eigenvalue weighted by molar-refractivity contribution is 5.89. The topological polar surface area (TPSA) is 61.4 Å². The third kappa shape index (κ3) is 4.87. The van der Waals surface area contributed by atoms with Gasteiger partial charge in [0, 0.05) is 31.7 Å². The average molecular weight is 329 g/mol. The maximum absolute atomic E-state index is 12.5. The number of urea groups is 1. The summed E-state index contributed by atoms with van der Waals surface area (Å²) in [6.07, 6.45) is -3.09. The molecule has 0 bridgehead atoms.